The van der Waals surface area contributed by atoms with E-state index in [4.69, 9.17) is 0 Å². The van der Waals surface area contributed by atoms with Crippen LogP contribution in [0.4, 0.5) is 4.39 Å². The molecule has 0 atom stereocenters. The van der Waals surface area contributed by atoms with E-state index in [1.54, 1.807) is 12.1 Å². The third-order valence-electron chi connectivity index (χ3n) is 4.97. The number of aromatic nitrogens is 3. The van der Waals surface area contributed by atoms with E-state index in [0.717, 1.165) is 24.2 Å². The highest BCUT2D eigenvalue weighted by atomic mass is 32.2. The molecular formula is C20H16FN3O2S. The highest BCUT2D eigenvalue weighted by Crippen LogP contribution is 2.43. The number of hydrogen-bond donors (Lipinski definition) is 0. The van der Waals surface area contributed by atoms with E-state index in [9.17, 15) is 14.0 Å². The molecule has 136 valence electrons. The summed E-state index contributed by atoms with van der Waals surface area (Å²) in [7, 11) is 0. The van der Waals surface area contributed by atoms with Gasteiger partial charge in [-0.1, -0.05) is 11.8 Å². The molecule has 1 saturated carbocycles. The molecule has 5 rings (SSSR count). The minimum absolute atomic E-state index is 0.179. The molecule has 3 aromatic heterocycles. The Balaban J connectivity index is 1.87. The number of Topliss-reactive ketones (excluding diaryl/α,β-unsaturated/α-hetero) is 1. The first-order valence-electron chi connectivity index (χ1n) is 8.84. The molecule has 0 unspecified atom stereocenters. The Morgan fingerprint density at radius 2 is 1.81 bits per heavy atom. The van der Waals surface area contributed by atoms with Gasteiger partial charge < -0.3 is 4.57 Å². The first-order valence-corrected chi connectivity index (χ1v) is 9.83. The highest BCUT2D eigenvalue weighted by molar-refractivity contribution is 8.00. The molecule has 4 heterocycles. The second-order valence-corrected chi connectivity index (χ2v) is 8.11. The number of thioether (sulfide) groups is 1. The molecule has 1 fully saturated rings. The first kappa shape index (κ1) is 16.6. The van der Waals surface area contributed by atoms with Gasteiger partial charge in [-0.05, 0) is 44.9 Å². The highest BCUT2D eigenvalue weighted by Gasteiger charge is 2.35. The van der Waals surface area contributed by atoms with Gasteiger partial charge in [0.05, 0.1) is 21.7 Å². The molecule has 0 saturated heterocycles. The molecule has 0 N–H and O–H groups in total. The molecule has 3 aromatic rings. The van der Waals surface area contributed by atoms with Crippen LogP contribution in [-0.4, -0.2) is 26.1 Å². The van der Waals surface area contributed by atoms with Crippen molar-refractivity contribution in [3.63, 3.8) is 0 Å². The van der Waals surface area contributed by atoms with Crippen molar-refractivity contribution in [3.8, 4) is 11.3 Å². The van der Waals surface area contributed by atoms with Crippen LogP contribution in [0.5, 0.6) is 0 Å². The Kier molecular flexibility index (Phi) is 3.53. The number of halogens is 1. The molecule has 0 radical (unpaired) electrons. The standard InChI is InChI=1S/C20H16FN3O2S/c1-9-5-11(6-10(2)22-9)17-14(21)7-13-18(26)16-15(25)8-27-20(16)24(12-3-4-12)19(13)23-17/h5-7,12H,3-4,8H2,1-2H3. The Labute approximate surface area is 158 Å². The molecule has 0 bridgehead atoms. The van der Waals surface area contributed by atoms with E-state index in [1.165, 1.54) is 17.8 Å². The zero-order valence-corrected chi connectivity index (χ0v) is 15.7. The van der Waals surface area contributed by atoms with Crippen molar-refractivity contribution in [2.45, 2.75) is 37.8 Å². The molecule has 1 aliphatic carbocycles. The fraction of sp³-hybridized carbons (Fsp3) is 0.300. The van der Waals surface area contributed by atoms with Gasteiger partial charge in [0.15, 0.2) is 5.78 Å². The Bertz CT molecular complexity index is 1190. The van der Waals surface area contributed by atoms with Gasteiger partial charge in [-0.2, -0.15) is 0 Å². The zero-order chi connectivity index (χ0) is 18.9. The predicted octanol–water partition coefficient (Wildman–Crippen LogP) is 3.84. The summed E-state index contributed by atoms with van der Waals surface area (Å²) in [6, 6.07) is 5.03. The Morgan fingerprint density at radius 1 is 1.11 bits per heavy atom. The molecule has 7 heteroatoms. The smallest absolute Gasteiger partial charge is 0.203 e. The molecule has 0 aromatic carbocycles. The third kappa shape index (κ3) is 2.52. The van der Waals surface area contributed by atoms with Crippen LogP contribution in [0.2, 0.25) is 0 Å². The zero-order valence-electron chi connectivity index (χ0n) is 14.9. The number of fused-ring (bicyclic) bond motifs is 2. The van der Waals surface area contributed by atoms with Crippen LogP contribution < -0.4 is 5.43 Å². The molecular weight excluding hydrogens is 365 g/mol. The van der Waals surface area contributed by atoms with Crippen LogP contribution in [0.15, 0.2) is 28.0 Å². The fourth-order valence-corrected chi connectivity index (χ4v) is 4.85. The molecule has 2 aliphatic rings. The lowest BCUT2D eigenvalue weighted by Gasteiger charge is -2.15. The van der Waals surface area contributed by atoms with Crippen LogP contribution in [0.25, 0.3) is 22.3 Å². The predicted molar refractivity (Wildman–Crippen MR) is 102 cm³/mol. The van der Waals surface area contributed by atoms with Crippen molar-refractivity contribution in [2.24, 2.45) is 0 Å². The topological polar surface area (TPSA) is 64.8 Å². The molecule has 1 aliphatic heterocycles. The third-order valence-corrected chi connectivity index (χ3v) is 6.05. The summed E-state index contributed by atoms with van der Waals surface area (Å²) in [5.74, 6) is -0.489. The van der Waals surface area contributed by atoms with E-state index in [1.807, 2.05) is 18.4 Å². The van der Waals surface area contributed by atoms with Crippen molar-refractivity contribution >= 4 is 28.6 Å². The summed E-state index contributed by atoms with van der Waals surface area (Å²) in [6.07, 6.45) is 1.95. The van der Waals surface area contributed by atoms with E-state index >= 15 is 0 Å². The summed E-state index contributed by atoms with van der Waals surface area (Å²) in [4.78, 5) is 34.0. The lowest BCUT2D eigenvalue weighted by atomic mass is 10.1. The minimum Gasteiger partial charge on any atom is -0.316 e. The second kappa shape index (κ2) is 5.73. The van der Waals surface area contributed by atoms with Crippen LogP contribution in [0.3, 0.4) is 0 Å². The maximum atomic E-state index is 14.9. The van der Waals surface area contributed by atoms with Gasteiger partial charge in [-0.3, -0.25) is 14.6 Å². The number of nitrogens with zero attached hydrogens (tertiary/aromatic N) is 3. The summed E-state index contributed by atoms with van der Waals surface area (Å²) < 4.78 is 16.9. The van der Waals surface area contributed by atoms with Gasteiger partial charge >= 0.3 is 0 Å². The summed E-state index contributed by atoms with van der Waals surface area (Å²) >= 11 is 1.38. The fourth-order valence-electron chi connectivity index (χ4n) is 3.72. The molecule has 0 spiro atoms. The number of carbonyl (C=O) groups is 1. The largest absolute Gasteiger partial charge is 0.316 e. The number of ketones is 1. The van der Waals surface area contributed by atoms with Crippen LogP contribution >= 0.6 is 11.8 Å². The number of hydrogen-bond acceptors (Lipinski definition) is 5. The summed E-state index contributed by atoms with van der Waals surface area (Å²) in [6.45, 7) is 3.70. The normalized spacial score (nSPS) is 16.2. The second-order valence-electron chi connectivity index (χ2n) is 7.15. The maximum absolute atomic E-state index is 14.9. The molecule has 5 nitrogen and oxygen atoms in total. The van der Waals surface area contributed by atoms with Gasteiger partial charge in [-0.15, -0.1) is 0 Å². The lowest BCUT2D eigenvalue weighted by molar-refractivity contribution is 0.102. The lowest BCUT2D eigenvalue weighted by Crippen LogP contribution is -2.19. The number of rotatable bonds is 2. The van der Waals surface area contributed by atoms with E-state index in [2.05, 4.69) is 9.97 Å². The number of pyridine rings is 3. The van der Waals surface area contributed by atoms with Gasteiger partial charge in [0.25, 0.3) is 0 Å². The van der Waals surface area contributed by atoms with Gasteiger partial charge in [0, 0.05) is 23.0 Å². The van der Waals surface area contributed by atoms with Gasteiger partial charge in [-0.25, -0.2) is 9.37 Å². The van der Waals surface area contributed by atoms with Crippen molar-refractivity contribution in [3.05, 3.63) is 51.2 Å². The van der Waals surface area contributed by atoms with Crippen molar-refractivity contribution in [2.75, 3.05) is 5.75 Å². The average molecular weight is 381 g/mol. The Hall–Kier alpha value is -2.54. The number of carbonyl (C=O) groups excluding carboxylic acids is 1. The van der Waals surface area contributed by atoms with E-state index < -0.39 is 11.2 Å². The van der Waals surface area contributed by atoms with Crippen LogP contribution in [0.1, 0.15) is 40.6 Å². The van der Waals surface area contributed by atoms with Gasteiger partial charge in [0.2, 0.25) is 5.43 Å². The summed E-state index contributed by atoms with van der Waals surface area (Å²) in [5.41, 5.74) is 2.66. The molecule has 0 amide bonds. The van der Waals surface area contributed by atoms with E-state index in [-0.39, 0.29) is 34.2 Å². The van der Waals surface area contributed by atoms with Crippen LogP contribution in [0, 0.1) is 19.7 Å². The van der Waals surface area contributed by atoms with Gasteiger partial charge in [0.1, 0.15) is 17.2 Å². The van der Waals surface area contributed by atoms with Crippen LogP contribution in [-0.2, 0) is 0 Å². The average Bonchev–Trinajstić information content (AvgIpc) is 3.37. The maximum Gasteiger partial charge on any atom is 0.203 e. The van der Waals surface area contributed by atoms with Crippen molar-refractivity contribution in [1.82, 2.24) is 14.5 Å². The van der Waals surface area contributed by atoms with Crippen molar-refractivity contribution < 1.29 is 9.18 Å². The Morgan fingerprint density at radius 3 is 2.48 bits per heavy atom. The SMILES string of the molecule is Cc1cc(-c2nc3c(cc2F)c(=O)c2c(n3C3CC3)SCC2=O)cc(C)n1. The molecule has 27 heavy (non-hydrogen) atoms. The quantitative estimate of drug-likeness (QED) is 0.675. The van der Waals surface area contributed by atoms with Crippen molar-refractivity contribution in [1.29, 1.82) is 0 Å². The first-order chi connectivity index (χ1) is 12.9. The number of aryl methyl sites for hydroxylation is 2. The van der Waals surface area contributed by atoms with E-state index in [0.29, 0.717) is 16.2 Å². The summed E-state index contributed by atoms with van der Waals surface area (Å²) in [5, 5.41) is 0.868. The monoisotopic (exact) mass is 381 g/mol. The minimum atomic E-state index is -0.565.